The summed E-state index contributed by atoms with van der Waals surface area (Å²) in [4.78, 5) is 11.8. The summed E-state index contributed by atoms with van der Waals surface area (Å²) >= 11 is 8.90. The molecule has 0 saturated heterocycles. The highest BCUT2D eigenvalue weighted by atomic mass is 79.9. The summed E-state index contributed by atoms with van der Waals surface area (Å²) in [6, 6.07) is 2.89. The SMILES string of the molecule is CC(CO)CNC(=O)c1cc(Cl)cc(Br)c1O. The quantitative estimate of drug-likeness (QED) is 0.795. The van der Waals surface area contributed by atoms with Crippen LogP contribution >= 0.6 is 27.5 Å². The number of rotatable bonds is 4. The number of phenolic OH excluding ortho intramolecular Hbond substituents is 1. The van der Waals surface area contributed by atoms with Gasteiger partial charge in [0.2, 0.25) is 0 Å². The van der Waals surface area contributed by atoms with Crippen LogP contribution < -0.4 is 5.32 Å². The molecule has 6 heteroatoms. The molecule has 0 bridgehead atoms. The molecule has 0 saturated carbocycles. The largest absolute Gasteiger partial charge is 0.506 e. The monoisotopic (exact) mass is 321 g/mol. The third kappa shape index (κ3) is 3.87. The van der Waals surface area contributed by atoms with Crippen LogP contribution in [0.15, 0.2) is 16.6 Å². The van der Waals surface area contributed by atoms with E-state index in [4.69, 9.17) is 16.7 Å². The summed E-state index contributed by atoms with van der Waals surface area (Å²) in [5.41, 5.74) is 0.106. The van der Waals surface area contributed by atoms with Gasteiger partial charge in [-0.25, -0.2) is 0 Å². The summed E-state index contributed by atoms with van der Waals surface area (Å²) in [5, 5.41) is 21.5. The first-order chi connectivity index (χ1) is 7.95. The minimum Gasteiger partial charge on any atom is -0.506 e. The van der Waals surface area contributed by atoms with E-state index in [2.05, 4.69) is 21.2 Å². The highest BCUT2D eigenvalue weighted by Gasteiger charge is 2.15. The number of nitrogens with one attached hydrogen (secondary N) is 1. The molecular formula is C11H13BrClNO3. The average Bonchev–Trinajstić information content (AvgIpc) is 2.30. The number of carbonyl (C=O) groups excluding carboxylic acids is 1. The van der Waals surface area contributed by atoms with Crippen LogP contribution in [-0.4, -0.2) is 29.3 Å². The molecule has 0 aliphatic rings. The lowest BCUT2D eigenvalue weighted by Crippen LogP contribution is -2.29. The lowest BCUT2D eigenvalue weighted by Gasteiger charge is -2.11. The van der Waals surface area contributed by atoms with Gasteiger partial charge in [0.15, 0.2) is 0 Å². The van der Waals surface area contributed by atoms with Gasteiger partial charge in [-0.2, -0.15) is 0 Å². The van der Waals surface area contributed by atoms with Gasteiger partial charge in [-0.1, -0.05) is 18.5 Å². The fourth-order valence-corrected chi connectivity index (χ4v) is 1.98. The summed E-state index contributed by atoms with van der Waals surface area (Å²) < 4.78 is 0.366. The Kier molecular flexibility index (Phi) is 5.24. The van der Waals surface area contributed by atoms with E-state index in [0.29, 0.717) is 16.0 Å². The van der Waals surface area contributed by atoms with E-state index in [-0.39, 0.29) is 23.8 Å². The van der Waals surface area contributed by atoms with Crippen molar-refractivity contribution in [3.8, 4) is 5.75 Å². The fourth-order valence-electron chi connectivity index (χ4n) is 1.17. The molecule has 1 aromatic rings. The van der Waals surface area contributed by atoms with Crippen molar-refractivity contribution in [3.05, 3.63) is 27.2 Å². The van der Waals surface area contributed by atoms with E-state index in [1.54, 1.807) is 6.92 Å². The van der Waals surface area contributed by atoms with Crippen molar-refractivity contribution in [1.82, 2.24) is 5.32 Å². The van der Waals surface area contributed by atoms with Crippen LogP contribution in [0.2, 0.25) is 5.02 Å². The smallest absolute Gasteiger partial charge is 0.255 e. The molecule has 1 atom stereocenters. The lowest BCUT2D eigenvalue weighted by molar-refractivity contribution is 0.0939. The summed E-state index contributed by atoms with van der Waals surface area (Å²) in [7, 11) is 0. The summed E-state index contributed by atoms with van der Waals surface area (Å²) in [6.07, 6.45) is 0. The molecule has 0 aliphatic heterocycles. The van der Waals surface area contributed by atoms with E-state index < -0.39 is 5.91 Å². The predicted molar refractivity (Wildman–Crippen MR) is 69.4 cm³/mol. The molecule has 0 aliphatic carbocycles. The van der Waals surface area contributed by atoms with Gasteiger partial charge in [-0.05, 0) is 34.0 Å². The van der Waals surface area contributed by atoms with Crippen LogP contribution in [0, 0.1) is 5.92 Å². The van der Waals surface area contributed by atoms with Gasteiger partial charge in [0.25, 0.3) is 5.91 Å². The van der Waals surface area contributed by atoms with E-state index in [1.165, 1.54) is 12.1 Å². The van der Waals surface area contributed by atoms with Crippen molar-refractivity contribution in [2.75, 3.05) is 13.2 Å². The average molecular weight is 323 g/mol. The topological polar surface area (TPSA) is 69.6 Å². The predicted octanol–water partition coefficient (Wildman–Crippen LogP) is 2.17. The Labute approximate surface area is 113 Å². The van der Waals surface area contributed by atoms with Gasteiger partial charge < -0.3 is 15.5 Å². The number of phenols is 1. The van der Waals surface area contributed by atoms with E-state index in [9.17, 15) is 9.90 Å². The lowest BCUT2D eigenvalue weighted by atomic mass is 10.1. The standard InChI is InChI=1S/C11H13BrClNO3/c1-6(5-15)4-14-11(17)8-2-7(13)3-9(12)10(8)16/h2-3,6,15-16H,4-5H2,1H3,(H,14,17). The van der Waals surface area contributed by atoms with Gasteiger partial charge in [0.1, 0.15) is 5.75 Å². The number of benzene rings is 1. The molecule has 4 nitrogen and oxygen atoms in total. The zero-order chi connectivity index (χ0) is 13.0. The van der Waals surface area contributed by atoms with E-state index in [1.807, 2.05) is 0 Å². The number of aromatic hydroxyl groups is 1. The molecule has 0 spiro atoms. The number of aliphatic hydroxyl groups is 1. The first-order valence-electron chi connectivity index (χ1n) is 5.02. The molecule has 1 aromatic carbocycles. The highest BCUT2D eigenvalue weighted by Crippen LogP contribution is 2.31. The van der Waals surface area contributed by atoms with E-state index >= 15 is 0 Å². The summed E-state index contributed by atoms with van der Waals surface area (Å²) in [5.74, 6) is -0.613. The first-order valence-corrected chi connectivity index (χ1v) is 6.19. The Morgan fingerprint density at radius 3 is 2.82 bits per heavy atom. The van der Waals surface area contributed by atoms with Gasteiger partial charge in [0.05, 0.1) is 10.0 Å². The van der Waals surface area contributed by atoms with Crippen molar-refractivity contribution in [3.63, 3.8) is 0 Å². The van der Waals surface area contributed by atoms with Gasteiger partial charge in [0, 0.05) is 18.2 Å². The van der Waals surface area contributed by atoms with Crippen molar-refractivity contribution in [2.45, 2.75) is 6.92 Å². The normalized spacial score (nSPS) is 12.2. The van der Waals surface area contributed by atoms with Crippen molar-refractivity contribution in [1.29, 1.82) is 0 Å². The van der Waals surface area contributed by atoms with Gasteiger partial charge in [-0.3, -0.25) is 4.79 Å². The van der Waals surface area contributed by atoms with Gasteiger partial charge >= 0.3 is 0 Å². The molecule has 0 heterocycles. The first kappa shape index (κ1) is 14.3. The minimum absolute atomic E-state index is 0.00843. The second-order valence-electron chi connectivity index (χ2n) is 3.78. The second kappa shape index (κ2) is 6.23. The Bertz CT molecular complexity index is 425. The maximum atomic E-state index is 11.8. The number of halogens is 2. The number of hydrogen-bond acceptors (Lipinski definition) is 3. The molecule has 0 fully saturated rings. The van der Waals surface area contributed by atoms with Crippen molar-refractivity contribution < 1.29 is 15.0 Å². The van der Waals surface area contributed by atoms with Crippen LogP contribution in [0.4, 0.5) is 0 Å². The molecule has 0 aromatic heterocycles. The summed E-state index contributed by atoms with van der Waals surface area (Å²) in [6.45, 7) is 2.12. The fraction of sp³-hybridized carbons (Fsp3) is 0.364. The van der Waals surface area contributed by atoms with Crippen molar-refractivity contribution in [2.24, 2.45) is 5.92 Å². The Hall–Kier alpha value is -0.780. The van der Waals surface area contributed by atoms with Crippen molar-refractivity contribution >= 4 is 33.4 Å². The Morgan fingerprint density at radius 2 is 2.24 bits per heavy atom. The van der Waals surface area contributed by atoms with Crippen LogP contribution in [0.1, 0.15) is 17.3 Å². The number of hydrogen-bond donors (Lipinski definition) is 3. The number of aliphatic hydroxyl groups excluding tert-OH is 1. The number of amides is 1. The molecule has 0 radical (unpaired) electrons. The molecule has 94 valence electrons. The van der Waals surface area contributed by atoms with Gasteiger partial charge in [-0.15, -0.1) is 0 Å². The maximum Gasteiger partial charge on any atom is 0.255 e. The third-order valence-corrected chi connectivity index (χ3v) is 3.02. The van der Waals surface area contributed by atoms with E-state index in [0.717, 1.165) is 0 Å². The van der Waals surface area contributed by atoms with Crippen LogP contribution in [-0.2, 0) is 0 Å². The molecule has 1 rings (SSSR count). The zero-order valence-electron chi connectivity index (χ0n) is 9.20. The van der Waals surface area contributed by atoms with Crippen LogP contribution in [0.25, 0.3) is 0 Å². The maximum absolute atomic E-state index is 11.8. The molecule has 3 N–H and O–H groups in total. The zero-order valence-corrected chi connectivity index (χ0v) is 11.5. The number of carbonyl (C=O) groups is 1. The van der Waals surface area contributed by atoms with Crippen LogP contribution in [0.5, 0.6) is 5.75 Å². The Balaban J connectivity index is 2.82. The minimum atomic E-state index is -0.425. The molecule has 1 unspecified atom stereocenters. The van der Waals surface area contributed by atoms with Crippen LogP contribution in [0.3, 0.4) is 0 Å². The highest BCUT2D eigenvalue weighted by molar-refractivity contribution is 9.10. The third-order valence-electron chi connectivity index (χ3n) is 2.20. The molecule has 1 amide bonds. The second-order valence-corrected chi connectivity index (χ2v) is 5.07. The molecule has 17 heavy (non-hydrogen) atoms. The Morgan fingerprint density at radius 1 is 1.59 bits per heavy atom. The molecular weight excluding hydrogens is 309 g/mol.